The molecule has 1 aliphatic carbocycles. The van der Waals surface area contributed by atoms with Gasteiger partial charge in [0.1, 0.15) is 6.54 Å². The number of nitrogens with one attached hydrogen (secondary N) is 1. The van der Waals surface area contributed by atoms with Crippen molar-refractivity contribution in [2.45, 2.75) is 51.5 Å². The quantitative estimate of drug-likeness (QED) is 0.684. The van der Waals surface area contributed by atoms with E-state index in [0.29, 0.717) is 17.7 Å². The zero-order valence-electron chi connectivity index (χ0n) is 14.3. The van der Waals surface area contributed by atoms with Gasteiger partial charge in [0.25, 0.3) is 0 Å². The van der Waals surface area contributed by atoms with Crippen LogP contribution in [0.5, 0.6) is 0 Å². The third-order valence-electron chi connectivity index (χ3n) is 4.45. The van der Waals surface area contributed by atoms with Crippen molar-refractivity contribution in [1.82, 2.24) is 4.90 Å². The van der Waals surface area contributed by atoms with E-state index in [1.54, 1.807) is 25.1 Å². The maximum Gasteiger partial charge on any atom is 0.408 e. The van der Waals surface area contributed by atoms with Crippen LogP contribution in [0, 0.1) is 0 Å². The van der Waals surface area contributed by atoms with Crippen molar-refractivity contribution in [3.63, 3.8) is 0 Å². The first kappa shape index (κ1) is 19.4. The number of rotatable bonds is 6. The van der Waals surface area contributed by atoms with E-state index in [1.165, 1.54) is 4.90 Å². The van der Waals surface area contributed by atoms with E-state index in [0.717, 1.165) is 36.6 Å². The number of ketones is 1. The molecule has 1 saturated carbocycles. The largest absolute Gasteiger partial charge is 0.465 e. The maximum atomic E-state index is 12.4. The Balaban J connectivity index is 2.10. The molecule has 0 atom stereocenters. The van der Waals surface area contributed by atoms with Crippen LogP contribution in [0.15, 0.2) is 22.7 Å². The summed E-state index contributed by atoms with van der Waals surface area (Å²) in [5, 5.41) is 12.1. The van der Waals surface area contributed by atoms with Crippen molar-refractivity contribution in [2.75, 3.05) is 11.9 Å². The zero-order chi connectivity index (χ0) is 18.4. The highest BCUT2D eigenvalue weighted by Crippen LogP contribution is 2.24. The van der Waals surface area contributed by atoms with E-state index < -0.39 is 12.0 Å². The molecule has 25 heavy (non-hydrogen) atoms. The Kier molecular flexibility index (Phi) is 6.99. The fraction of sp³-hybridized carbons (Fsp3) is 0.500. The maximum absolute atomic E-state index is 12.4. The van der Waals surface area contributed by atoms with E-state index >= 15 is 0 Å². The standard InChI is InChI=1S/C18H23BrN2O4/c1-2-16(22)14-10-12(19)8-9-15(14)20-17(23)11-21(18(24)25)13-6-4-3-5-7-13/h8-10,13H,2-7,11H2,1H3,(H,20,23)(H,24,25). The molecule has 0 bridgehead atoms. The van der Waals surface area contributed by atoms with E-state index in [1.807, 2.05) is 0 Å². The van der Waals surface area contributed by atoms with Gasteiger partial charge in [-0.3, -0.25) is 14.5 Å². The van der Waals surface area contributed by atoms with Crippen molar-refractivity contribution in [3.8, 4) is 0 Å². The lowest BCUT2D eigenvalue weighted by molar-refractivity contribution is -0.117. The molecule has 1 aliphatic rings. The molecule has 2 N–H and O–H groups in total. The van der Waals surface area contributed by atoms with Gasteiger partial charge in [-0.15, -0.1) is 0 Å². The van der Waals surface area contributed by atoms with Crippen LogP contribution in [0.2, 0.25) is 0 Å². The Morgan fingerprint density at radius 1 is 1.24 bits per heavy atom. The van der Waals surface area contributed by atoms with Crippen LogP contribution in [0.4, 0.5) is 10.5 Å². The summed E-state index contributed by atoms with van der Waals surface area (Å²) in [5.74, 6) is -0.514. The number of benzene rings is 1. The number of carbonyl (C=O) groups is 3. The van der Waals surface area contributed by atoms with Crippen LogP contribution in [0.1, 0.15) is 55.8 Å². The first-order chi connectivity index (χ1) is 11.9. The monoisotopic (exact) mass is 410 g/mol. The second-order valence-electron chi connectivity index (χ2n) is 6.22. The minimum absolute atomic E-state index is 0.0843. The number of hydrogen-bond acceptors (Lipinski definition) is 3. The predicted octanol–water partition coefficient (Wildman–Crippen LogP) is 4.29. The molecule has 0 saturated heterocycles. The molecule has 1 aromatic carbocycles. The van der Waals surface area contributed by atoms with Crippen molar-refractivity contribution >= 4 is 39.4 Å². The van der Waals surface area contributed by atoms with E-state index in [9.17, 15) is 19.5 Å². The molecule has 0 radical (unpaired) electrons. The van der Waals surface area contributed by atoms with Crippen LogP contribution in [0.25, 0.3) is 0 Å². The van der Waals surface area contributed by atoms with Crippen LogP contribution in [-0.2, 0) is 4.79 Å². The van der Waals surface area contributed by atoms with Gasteiger partial charge >= 0.3 is 6.09 Å². The molecule has 1 aromatic rings. The normalized spacial score (nSPS) is 14.8. The number of nitrogens with zero attached hydrogens (tertiary/aromatic N) is 1. The van der Waals surface area contributed by atoms with Crippen LogP contribution < -0.4 is 5.32 Å². The second kappa shape index (κ2) is 8.99. The molecule has 0 unspecified atom stereocenters. The third-order valence-corrected chi connectivity index (χ3v) is 4.95. The first-order valence-corrected chi connectivity index (χ1v) is 9.33. The van der Waals surface area contributed by atoms with E-state index in [-0.39, 0.29) is 18.4 Å². The fourth-order valence-corrected chi connectivity index (χ4v) is 3.50. The van der Waals surface area contributed by atoms with Gasteiger partial charge in [-0.05, 0) is 31.0 Å². The van der Waals surface area contributed by atoms with Crippen molar-refractivity contribution in [2.24, 2.45) is 0 Å². The van der Waals surface area contributed by atoms with Gasteiger partial charge in [-0.25, -0.2) is 4.79 Å². The third kappa shape index (κ3) is 5.29. The Labute approximate surface area is 155 Å². The molecule has 7 heteroatoms. The van der Waals surface area contributed by atoms with Crippen LogP contribution in [0.3, 0.4) is 0 Å². The summed E-state index contributed by atoms with van der Waals surface area (Å²) >= 11 is 3.32. The lowest BCUT2D eigenvalue weighted by Gasteiger charge is -2.31. The Morgan fingerprint density at radius 3 is 2.52 bits per heavy atom. The van der Waals surface area contributed by atoms with Gasteiger partial charge in [-0.1, -0.05) is 42.1 Å². The lowest BCUT2D eigenvalue weighted by Crippen LogP contribution is -2.45. The average molecular weight is 411 g/mol. The molecule has 0 aromatic heterocycles. The van der Waals surface area contributed by atoms with Crippen molar-refractivity contribution < 1.29 is 19.5 Å². The number of carbonyl (C=O) groups excluding carboxylic acids is 2. The minimum Gasteiger partial charge on any atom is -0.465 e. The summed E-state index contributed by atoms with van der Waals surface area (Å²) in [6.07, 6.45) is 3.90. The smallest absolute Gasteiger partial charge is 0.408 e. The van der Waals surface area contributed by atoms with Crippen LogP contribution >= 0.6 is 15.9 Å². The molecular formula is C18H23BrN2O4. The molecule has 1 fully saturated rings. The number of hydrogen-bond donors (Lipinski definition) is 2. The SMILES string of the molecule is CCC(=O)c1cc(Br)ccc1NC(=O)CN(C(=O)O)C1CCCCC1. The summed E-state index contributed by atoms with van der Waals surface area (Å²) in [6.45, 7) is 1.53. The van der Waals surface area contributed by atoms with Gasteiger partial charge in [0, 0.05) is 22.5 Å². The zero-order valence-corrected chi connectivity index (χ0v) is 15.8. The van der Waals surface area contributed by atoms with Gasteiger partial charge in [0.2, 0.25) is 5.91 Å². The minimum atomic E-state index is -1.08. The highest BCUT2D eigenvalue weighted by atomic mass is 79.9. The highest BCUT2D eigenvalue weighted by molar-refractivity contribution is 9.10. The Morgan fingerprint density at radius 2 is 1.92 bits per heavy atom. The average Bonchev–Trinajstić information content (AvgIpc) is 2.61. The number of anilines is 1. The summed E-state index contributed by atoms with van der Waals surface area (Å²) in [5.41, 5.74) is 0.832. The molecule has 2 amide bonds. The topological polar surface area (TPSA) is 86.7 Å². The fourth-order valence-electron chi connectivity index (χ4n) is 3.14. The van der Waals surface area contributed by atoms with Crippen molar-refractivity contribution in [1.29, 1.82) is 0 Å². The summed E-state index contributed by atoms with van der Waals surface area (Å²) in [6, 6.07) is 4.94. The lowest BCUT2D eigenvalue weighted by atomic mass is 9.94. The number of halogens is 1. The number of carboxylic acid groups (broad SMARTS) is 1. The Bertz CT molecular complexity index is 656. The van der Waals surface area contributed by atoms with Crippen LogP contribution in [-0.4, -0.2) is 40.4 Å². The summed E-state index contributed by atoms with van der Waals surface area (Å²) in [4.78, 5) is 37.2. The van der Waals surface area contributed by atoms with Gasteiger partial charge in [0.05, 0.1) is 5.69 Å². The van der Waals surface area contributed by atoms with E-state index in [2.05, 4.69) is 21.2 Å². The number of amides is 2. The Hall–Kier alpha value is -1.89. The summed E-state index contributed by atoms with van der Waals surface area (Å²) < 4.78 is 0.747. The first-order valence-electron chi connectivity index (χ1n) is 8.54. The predicted molar refractivity (Wildman–Crippen MR) is 99.0 cm³/mol. The molecular weight excluding hydrogens is 388 g/mol. The summed E-state index contributed by atoms with van der Waals surface area (Å²) in [7, 11) is 0. The molecule has 136 valence electrons. The molecule has 6 nitrogen and oxygen atoms in total. The van der Waals surface area contributed by atoms with Gasteiger partial charge in [0.15, 0.2) is 5.78 Å². The molecule has 2 rings (SSSR count). The highest BCUT2D eigenvalue weighted by Gasteiger charge is 2.27. The number of Topliss-reactive ketones (excluding diaryl/α,β-unsaturated/α-hetero) is 1. The van der Waals surface area contributed by atoms with Gasteiger partial charge in [-0.2, -0.15) is 0 Å². The van der Waals surface area contributed by atoms with Crippen molar-refractivity contribution in [3.05, 3.63) is 28.2 Å². The second-order valence-corrected chi connectivity index (χ2v) is 7.13. The van der Waals surface area contributed by atoms with Gasteiger partial charge < -0.3 is 10.4 Å². The van der Waals surface area contributed by atoms with E-state index in [4.69, 9.17) is 0 Å². The molecule has 0 heterocycles. The molecule has 0 aliphatic heterocycles. The molecule has 0 spiro atoms.